The van der Waals surface area contributed by atoms with Crippen LogP contribution in [0.3, 0.4) is 0 Å². The highest BCUT2D eigenvalue weighted by atomic mass is 32.2. The molecule has 0 aromatic rings. The summed E-state index contributed by atoms with van der Waals surface area (Å²) in [6, 6.07) is 0. The average Bonchev–Trinajstić information content (AvgIpc) is 2.42. The van der Waals surface area contributed by atoms with Crippen LogP contribution in [0.5, 0.6) is 0 Å². The van der Waals surface area contributed by atoms with Crippen molar-refractivity contribution in [2.75, 3.05) is 60.0 Å². The van der Waals surface area contributed by atoms with E-state index in [4.69, 9.17) is 10.5 Å². The van der Waals surface area contributed by atoms with E-state index < -0.39 is 10.2 Å². The van der Waals surface area contributed by atoms with Crippen LogP contribution in [0.1, 0.15) is 12.8 Å². The molecule has 1 saturated heterocycles. The van der Waals surface area contributed by atoms with Crippen molar-refractivity contribution < 1.29 is 13.2 Å². The fraction of sp³-hybridized carbons (Fsp3) is 1.00. The number of rotatable bonds is 9. The fourth-order valence-electron chi connectivity index (χ4n) is 2.12. The van der Waals surface area contributed by atoms with Gasteiger partial charge in [0, 0.05) is 26.2 Å². The van der Waals surface area contributed by atoms with E-state index >= 15 is 0 Å². The normalized spacial score (nSPS) is 21.5. The van der Waals surface area contributed by atoms with Crippen LogP contribution in [-0.2, 0) is 14.9 Å². The summed E-state index contributed by atoms with van der Waals surface area (Å²) in [5.41, 5.74) is 5.62. The number of ether oxygens (including phenoxy) is 1. The van der Waals surface area contributed by atoms with Gasteiger partial charge in [0.05, 0.1) is 13.2 Å². The van der Waals surface area contributed by atoms with Gasteiger partial charge >= 0.3 is 0 Å². The molecule has 1 unspecified atom stereocenters. The lowest BCUT2D eigenvalue weighted by Gasteiger charge is -2.31. The number of piperidine rings is 1. The molecule has 0 amide bonds. The van der Waals surface area contributed by atoms with E-state index in [0.29, 0.717) is 39.4 Å². The van der Waals surface area contributed by atoms with Crippen molar-refractivity contribution in [3.8, 4) is 0 Å². The van der Waals surface area contributed by atoms with Gasteiger partial charge in [-0.05, 0) is 39.4 Å². The minimum Gasteiger partial charge on any atom is -0.379 e. The van der Waals surface area contributed by atoms with Gasteiger partial charge in [-0.2, -0.15) is 17.4 Å². The maximum absolute atomic E-state index is 12.1. The predicted molar refractivity (Wildman–Crippen MR) is 79.6 cm³/mol. The molecule has 0 aromatic carbocycles. The molecule has 3 N–H and O–H groups in total. The van der Waals surface area contributed by atoms with Gasteiger partial charge in [-0.3, -0.25) is 0 Å². The van der Waals surface area contributed by atoms with Crippen LogP contribution in [0.15, 0.2) is 0 Å². The van der Waals surface area contributed by atoms with Crippen molar-refractivity contribution in [2.45, 2.75) is 12.8 Å². The van der Waals surface area contributed by atoms with Gasteiger partial charge in [0.25, 0.3) is 10.2 Å². The van der Waals surface area contributed by atoms with E-state index in [9.17, 15) is 8.42 Å². The van der Waals surface area contributed by atoms with Gasteiger partial charge in [-0.1, -0.05) is 0 Å². The molecule has 1 heterocycles. The molecule has 0 saturated carbocycles. The second-order valence-electron chi connectivity index (χ2n) is 5.42. The summed E-state index contributed by atoms with van der Waals surface area (Å²) in [7, 11) is 0.545. The van der Waals surface area contributed by atoms with Crippen LogP contribution in [0.4, 0.5) is 0 Å². The Kier molecular flexibility index (Phi) is 7.93. The van der Waals surface area contributed by atoms with Crippen molar-refractivity contribution in [1.82, 2.24) is 13.9 Å². The second-order valence-corrected chi connectivity index (χ2v) is 7.17. The van der Waals surface area contributed by atoms with Crippen LogP contribution in [0, 0.1) is 5.92 Å². The molecule has 0 aromatic heterocycles. The molecule has 1 aliphatic rings. The quantitative estimate of drug-likeness (QED) is 0.537. The van der Waals surface area contributed by atoms with E-state index in [0.717, 1.165) is 19.4 Å². The monoisotopic (exact) mass is 308 g/mol. The first-order valence-corrected chi connectivity index (χ1v) is 8.57. The standard InChI is InChI=1S/C12H28N4O3S/c1-15(2)7-9-19-8-5-14-20(17,18)16-6-3-4-12(10-13)11-16/h12,14H,3-11,13H2,1-2H3. The third-order valence-corrected chi connectivity index (χ3v) is 4.95. The minimum absolute atomic E-state index is 0.275. The molecule has 0 bridgehead atoms. The van der Waals surface area contributed by atoms with E-state index in [1.54, 1.807) is 0 Å². The third kappa shape index (κ3) is 6.47. The molecule has 20 heavy (non-hydrogen) atoms. The van der Waals surface area contributed by atoms with Crippen LogP contribution >= 0.6 is 0 Å². The molecule has 0 spiro atoms. The van der Waals surface area contributed by atoms with Gasteiger partial charge in [-0.15, -0.1) is 0 Å². The average molecular weight is 308 g/mol. The smallest absolute Gasteiger partial charge is 0.279 e. The topological polar surface area (TPSA) is 87.9 Å². The third-order valence-electron chi connectivity index (χ3n) is 3.37. The van der Waals surface area contributed by atoms with Crippen LogP contribution in [-0.4, -0.2) is 77.7 Å². The summed E-state index contributed by atoms with van der Waals surface area (Å²) in [4.78, 5) is 2.02. The molecular formula is C12H28N4O3S. The summed E-state index contributed by atoms with van der Waals surface area (Å²) in [5.74, 6) is 0.275. The first kappa shape index (κ1) is 17.8. The molecule has 7 nitrogen and oxygen atoms in total. The largest absolute Gasteiger partial charge is 0.379 e. The first-order chi connectivity index (χ1) is 9.45. The molecule has 1 rings (SSSR count). The molecule has 1 aliphatic heterocycles. The lowest BCUT2D eigenvalue weighted by atomic mass is 10.0. The summed E-state index contributed by atoms with van der Waals surface area (Å²) in [6.45, 7) is 3.77. The Bertz CT molecular complexity index is 362. The lowest BCUT2D eigenvalue weighted by molar-refractivity contribution is 0.122. The highest BCUT2D eigenvalue weighted by Crippen LogP contribution is 2.17. The molecule has 0 aliphatic carbocycles. The Hall–Kier alpha value is -0.250. The molecule has 0 radical (unpaired) electrons. The lowest BCUT2D eigenvalue weighted by Crippen LogP contribution is -2.47. The van der Waals surface area contributed by atoms with Crippen molar-refractivity contribution >= 4 is 10.2 Å². The number of nitrogens with zero attached hydrogens (tertiary/aromatic N) is 2. The van der Waals surface area contributed by atoms with E-state index in [-0.39, 0.29) is 5.92 Å². The number of hydrogen-bond acceptors (Lipinski definition) is 5. The zero-order valence-electron chi connectivity index (χ0n) is 12.5. The van der Waals surface area contributed by atoms with Gasteiger partial charge in [-0.25, -0.2) is 0 Å². The van der Waals surface area contributed by atoms with Crippen LogP contribution in [0.2, 0.25) is 0 Å². The van der Waals surface area contributed by atoms with Gasteiger partial charge in [0.1, 0.15) is 0 Å². The fourth-order valence-corrected chi connectivity index (χ4v) is 3.42. The van der Waals surface area contributed by atoms with E-state index in [1.165, 1.54) is 4.31 Å². The summed E-state index contributed by atoms with van der Waals surface area (Å²) >= 11 is 0. The summed E-state index contributed by atoms with van der Waals surface area (Å²) < 4.78 is 33.6. The summed E-state index contributed by atoms with van der Waals surface area (Å²) in [5, 5.41) is 0. The number of nitrogens with two attached hydrogens (primary N) is 1. The van der Waals surface area contributed by atoms with E-state index in [2.05, 4.69) is 4.72 Å². The molecule has 120 valence electrons. The van der Waals surface area contributed by atoms with Crippen molar-refractivity contribution in [1.29, 1.82) is 0 Å². The number of likely N-dealkylation sites (N-methyl/N-ethyl adjacent to an activating group) is 1. The maximum Gasteiger partial charge on any atom is 0.279 e. The SMILES string of the molecule is CN(C)CCOCCNS(=O)(=O)N1CCCC(CN)C1. The Morgan fingerprint density at radius 2 is 2.15 bits per heavy atom. The summed E-state index contributed by atoms with van der Waals surface area (Å²) in [6.07, 6.45) is 1.89. The van der Waals surface area contributed by atoms with Gasteiger partial charge < -0.3 is 15.4 Å². The molecular weight excluding hydrogens is 280 g/mol. The zero-order valence-corrected chi connectivity index (χ0v) is 13.4. The Labute approximate surface area is 122 Å². The second kappa shape index (κ2) is 8.91. The van der Waals surface area contributed by atoms with Gasteiger partial charge in [0.15, 0.2) is 0 Å². The van der Waals surface area contributed by atoms with Crippen LogP contribution < -0.4 is 10.5 Å². The first-order valence-electron chi connectivity index (χ1n) is 7.13. The zero-order chi connectivity index (χ0) is 15.0. The predicted octanol–water partition coefficient (Wildman–Crippen LogP) is -0.930. The van der Waals surface area contributed by atoms with Crippen molar-refractivity contribution in [3.05, 3.63) is 0 Å². The number of hydrogen-bond donors (Lipinski definition) is 2. The molecule has 1 fully saturated rings. The Morgan fingerprint density at radius 3 is 2.80 bits per heavy atom. The van der Waals surface area contributed by atoms with Crippen LogP contribution in [0.25, 0.3) is 0 Å². The Balaban J connectivity index is 2.24. The van der Waals surface area contributed by atoms with Crippen molar-refractivity contribution in [3.63, 3.8) is 0 Å². The Morgan fingerprint density at radius 1 is 1.40 bits per heavy atom. The highest BCUT2D eigenvalue weighted by molar-refractivity contribution is 7.87. The highest BCUT2D eigenvalue weighted by Gasteiger charge is 2.27. The molecule has 8 heteroatoms. The van der Waals surface area contributed by atoms with Crippen molar-refractivity contribution in [2.24, 2.45) is 11.7 Å². The minimum atomic E-state index is -3.39. The number of nitrogens with one attached hydrogen (secondary N) is 1. The maximum atomic E-state index is 12.1. The molecule has 1 atom stereocenters. The van der Waals surface area contributed by atoms with E-state index in [1.807, 2.05) is 19.0 Å². The van der Waals surface area contributed by atoms with Gasteiger partial charge in [0.2, 0.25) is 0 Å².